The van der Waals surface area contributed by atoms with Crippen LogP contribution in [0.15, 0.2) is 54.6 Å². The van der Waals surface area contributed by atoms with Gasteiger partial charge in [0.2, 0.25) is 0 Å². The lowest BCUT2D eigenvalue weighted by atomic mass is 10.3. The van der Waals surface area contributed by atoms with Gasteiger partial charge >= 0.3 is 12.1 Å². The Balaban J connectivity index is 0.000000270. The first-order valence-corrected chi connectivity index (χ1v) is 5.67. The van der Waals surface area contributed by atoms with Crippen molar-refractivity contribution in [3.63, 3.8) is 0 Å². The normalized spacial score (nSPS) is 10.2. The van der Waals surface area contributed by atoms with Crippen molar-refractivity contribution in [2.45, 2.75) is 6.18 Å². The van der Waals surface area contributed by atoms with Crippen LogP contribution in [0.25, 0.3) is 0 Å². The molecule has 0 heterocycles. The number of carboxylic acid groups (broad SMARTS) is 1. The van der Waals surface area contributed by atoms with Crippen molar-refractivity contribution in [3.8, 4) is 11.5 Å². The van der Waals surface area contributed by atoms with Gasteiger partial charge in [0, 0.05) is 5.69 Å². The lowest BCUT2D eigenvalue weighted by molar-refractivity contribution is -0.192. The van der Waals surface area contributed by atoms with E-state index in [1.807, 2.05) is 54.6 Å². The number of carbonyl (C=O) groups is 1. The van der Waals surface area contributed by atoms with E-state index in [0.29, 0.717) is 0 Å². The van der Waals surface area contributed by atoms with Crippen molar-refractivity contribution in [1.82, 2.24) is 0 Å². The zero-order chi connectivity index (χ0) is 15.9. The molecule has 0 aliphatic heterocycles. The fraction of sp³-hybridized carbons (Fsp3) is 0.0714. The number of halogens is 3. The lowest BCUT2D eigenvalue weighted by Crippen LogP contribution is -2.21. The molecular weight excluding hydrogens is 287 g/mol. The van der Waals surface area contributed by atoms with E-state index in [4.69, 9.17) is 20.4 Å². The summed E-state index contributed by atoms with van der Waals surface area (Å²) in [6.07, 6.45) is -5.08. The summed E-state index contributed by atoms with van der Waals surface area (Å²) in [4.78, 5) is 8.90. The molecule has 0 saturated carbocycles. The summed E-state index contributed by atoms with van der Waals surface area (Å²) in [5.41, 5.74) is 6.31. The molecule has 2 aromatic carbocycles. The largest absolute Gasteiger partial charge is 0.490 e. The topological polar surface area (TPSA) is 72.5 Å². The van der Waals surface area contributed by atoms with E-state index < -0.39 is 12.1 Å². The third-order valence-electron chi connectivity index (χ3n) is 2.10. The summed E-state index contributed by atoms with van der Waals surface area (Å²) in [6.45, 7) is 0. The molecule has 0 atom stereocenters. The minimum atomic E-state index is -5.08. The van der Waals surface area contributed by atoms with Gasteiger partial charge in [-0.25, -0.2) is 4.79 Å². The van der Waals surface area contributed by atoms with Gasteiger partial charge in [0.1, 0.15) is 11.5 Å². The quantitative estimate of drug-likeness (QED) is 0.829. The fourth-order valence-electron chi connectivity index (χ4n) is 1.16. The minimum absolute atomic E-state index is 0.741. The second-order valence-electron chi connectivity index (χ2n) is 3.79. The molecule has 3 N–H and O–H groups in total. The summed E-state index contributed by atoms with van der Waals surface area (Å²) >= 11 is 0. The highest BCUT2D eigenvalue weighted by Gasteiger charge is 2.38. The Hall–Kier alpha value is -2.70. The van der Waals surface area contributed by atoms with E-state index in [1.165, 1.54) is 0 Å². The molecule has 0 saturated heterocycles. The average Bonchev–Trinajstić information content (AvgIpc) is 2.42. The Bertz CT molecular complexity index is 568. The monoisotopic (exact) mass is 299 g/mol. The molecule has 0 aliphatic rings. The fourth-order valence-corrected chi connectivity index (χ4v) is 1.16. The number of alkyl halides is 3. The predicted octanol–water partition coefficient (Wildman–Crippen LogP) is 3.69. The van der Waals surface area contributed by atoms with Crippen molar-refractivity contribution in [2.75, 3.05) is 5.73 Å². The summed E-state index contributed by atoms with van der Waals surface area (Å²) < 4.78 is 37.3. The number of anilines is 1. The van der Waals surface area contributed by atoms with Gasteiger partial charge in [-0.1, -0.05) is 18.2 Å². The molecule has 0 aromatic heterocycles. The Labute approximate surface area is 118 Å². The zero-order valence-corrected chi connectivity index (χ0v) is 10.7. The molecule has 2 aromatic rings. The van der Waals surface area contributed by atoms with Gasteiger partial charge < -0.3 is 15.6 Å². The summed E-state index contributed by atoms with van der Waals surface area (Å²) in [5, 5.41) is 7.12. The molecule has 2 rings (SSSR count). The molecule has 4 nitrogen and oxygen atoms in total. The van der Waals surface area contributed by atoms with E-state index in [0.717, 1.165) is 17.2 Å². The summed E-state index contributed by atoms with van der Waals surface area (Å²) in [7, 11) is 0. The van der Waals surface area contributed by atoms with Crippen LogP contribution in [0.2, 0.25) is 0 Å². The summed E-state index contributed by atoms with van der Waals surface area (Å²) in [6, 6.07) is 17.0. The van der Waals surface area contributed by atoms with Gasteiger partial charge in [0.15, 0.2) is 0 Å². The number of aliphatic carboxylic acids is 1. The molecule has 0 amide bonds. The lowest BCUT2D eigenvalue weighted by Gasteiger charge is -2.04. The van der Waals surface area contributed by atoms with Gasteiger partial charge in [0.25, 0.3) is 0 Å². The van der Waals surface area contributed by atoms with Crippen molar-refractivity contribution >= 4 is 11.7 Å². The number of nitrogens with two attached hydrogens (primary N) is 1. The second-order valence-corrected chi connectivity index (χ2v) is 3.79. The Kier molecular flexibility index (Phi) is 5.59. The molecular formula is C14H12F3NO3. The molecule has 0 bridgehead atoms. The van der Waals surface area contributed by atoms with Gasteiger partial charge in [-0.15, -0.1) is 0 Å². The third-order valence-corrected chi connectivity index (χ3v) is 2.10. The maximum absolute atomic E-state index is 10.6. The number of hydrogen-bond donors (Lipinski definition) is 2. The highest BCUT2D eigenvalue weighted by atomic mass is 19.4. The van der Waals surface area contributed by atoms with Crippen LogP contribution in [0.4, 0.5) is 18.9 Å². The number of rotatable bonds is 2. The maximum Gasteiger partial charge on any atom is 0.490 e. The first kappa shape index (κ1) is 16.4. The number of benzene rings is 2. The molecule has 7 heteroatoms. The smallest absolute Gasteiger partial charge is 0.475 e. The molecule has 0 fully saturated rings. The van der Waals surface area contributed by atoms with Gasteiger partial charge in [-0.2, -0.15) is 13.2 Å². The molecule has 21 heavy (non-hydrogen) atoms. The van der Waals surface area contributed by atoms with E-state index in [2.05, 4.69) is 0 Å². The Morgan fingerprint density at radius 3 is 1.81 bits per heavy atom. The number of hydrogen-bond acceptors (Lipinski definition) is 3. The Morgan fingerprint density at radius 2 is 1.38 bits per heavy atom. The first-order valence-electron chi connectivity index (χ1n) is 5.67. The molecule has 0 aliphatic carbocycles. The molecule has 0 spiro atoms. The van der Waals surface area contributed by atoms with Crippen LogP contribution in [0, 0.1) is 0 Å². The molecule has 0 radical (unpaired) electrons. The van der Waals surface area contributed by atoms with Crippen LogP contribution >= 0.6 is 0 Å². The Morgan fingerprint density at radius 1 is 0.952 bits per heavy atom. The van der Waals surface area contributed by atoms with E-state index in [9.17, 15) is 13.2 Å². The van der Waals surface area contributed by atoms with Crippen molar-refractivity contribution < 1.29 is 27.8 Å². The predicted molar refractivity (Wildman–Crippen MR) is 71.1 cm³/mol. The van der Waals surface area contributed by atoms with Crippen LogP contribution in [-0.2, 0) is 4.79 Å². The van der Waals surface area contributed by atoms with Gasteiger partial charge in [-0.3, -0.25) is 0 Å². The SMILES string of the molecule is Nc1ccc(Oc2ccccc2)cc1.O=C(O)C(F)(F)F. The van der Waals surface area contributed by atoms with Crippen LogP contribution in [0.3, 0.4) is 0 Å². The zero-order valence-electron chi connectivity index (χ0n) is 10.7. The number of nitrogen functional groups attached to an aromatic ring is 1. The molecule has 112 valence electrons. The van der Waals surface area contributed by atoms with Crippen LogP contribution in [0.5, 0.6) is 11.5 Å². The van der Waals surface area contributed by atoms with Gasteiger partial charge in [0.05, 0.1) is 0 Å². The standard InChI is InChI=1S/C12H11NO.C2HF3O2/c13-10-6-8-12(9-7-10)14-11-4-2-1-3-5-11;3-2(4,5)1(6)7/h1-9H,13H2;(H,6,7). The highest BCUT2D eigenvalue weighted by molar-refractivity contribution is 5.73. The van der Waals surface area contributed by atoms with Gasteiger partial charge in [-0.05, 0) is 36.4 Å². The molecule has 0 unspecified atom stereocenters. The van der Waals surface area contributed by atoms with Crippen LogP contribution < -0.4 is 10.5 Å². The van der Waals surface area contributed by atoms with E-state index >= 15 is 0 Å². The average molecular weight is 299 g/mol. The first-order chi connectivity index (χ1) is 9.79. The second kappa shape index (κ2) is 7.18. The maximum atomic E-state index is 10.6. The number of para-hydroxylation sites is 1. The van der Waals surface area contributed by atoms with Crippen molar-refractivity contribution in [1.29, 1.82) is 0 Å². The van der Waals surface area contributed by atoms with E-state index in [-0.39, 0.29) is 0 Å². The van der Waals surface area contributed by atoms with Crippen LogP contribution in [-0.4, -0.2) is 17.3 Å². The third kappa shape index (κ3) is 6.33. The van der Waals surface area contributed by atoms with Crippen molar-refractivity contribution in [3.05, 3.63) is 54.6 Å². The minimum Gasteiger partial charge on any atom is -0.475 e. The van der Waals surface area contributed by atoms with E-state index in [1.54, 1.807) is 0 Å². The number of ether oxygens (including phenoxy) is 1. The van der Waals surface area contributed by atoms with Crippen LogP contribution in [0.1, 0.15) is 0 Å². The highest BCUT2D eigenvalue weighted by Crippen LogP contribution is 2.21. The summed E-state index contributed by atoms with van der Waals surface area (Å²) in [5.74, 6) is -1.13. The van der Waals surface area contributed by atoms with Crippen molar-refractivity contribution in [2.24, 2.45) is 0 Å². The number of carboxylic acids is 1.